The summed E-state index contributed by atoms with van der Waals surface area (Å²) in [5.74, 6) is 3.40. The fraction of sp³-hybridized carbons (Fsp3) is 0.933. The zero-order valence-corrected chi connectivity index (χ0v) is 13.0. The van der Waals surface area contributed by atoms with Crippen molar-refractivity contribution in [2.45, 2.75) is 70.1 Å². The van der Waals surface area contributed by atoms with Crippen LogP contribution in [0.1, 0.15) is 52.4 Å². The minimum atomic E-state index is -0.319. The summed E-state index contributed by atoms with van der Waals surface area (Å²) in [6.45, 7) is 4.23. The number of hydrogen-bond donors (Lipinski definition) is 1. The fourth-order valence-corrected chi connectivity index (χ4v) is 5.08. The van der Waals surface area contributed by atoms with E-state index in [2.05, 4.69) is 24.1 Å². The minimum absolute atomic E-state index is 0.309. The highest BCUT2D eigenvalue weighted by molar-refractivity contribution is 7.99. The highest BCUT2D eigenvalue weighted by atomic mass is 32.2. The molecule has 3 nitrogen and oxygen atoms in total. The average molecular weight is 282 g/mol. The van der Waals surface area contributed by atoms with Crippen LogP contribution in [0.4, 0.5) is 0 Å². The molecular weight excluding hydrogens is 256 g/mol. The number of amides is 1. The molecule has 0 aromatic heterocycles. The van der Waals surface area contributed by atoms with Gasteiger partial charge in [-0.2, -0.15) is 11.8 Å². The van der Waals surface area contributed by atoms with Gasteiger partial charge in [-0.3, -0.25) is 10.1 Å². The lowest BCUT2D eigenvalue weighted by Gasteiger charge is -2.33. The second-order valence-electron chi connectivity index (χ2n) is 6.55. The van der Waals surface area contributed by atoms with Crippen LogP contribution in [0.5, 0.6) is 0 Å². The van der Waals surface area contributed by atoms with Crippen molar-refractivity contribution in [3.05, 3.63) is 0 Å². The summed E-state index contributed by atoms with van der Waals surface area (Å²) >= 11 is 2.00. The van der Waals surface area contributed by atoms with Crippen LogP contribution in [0.3, 0.4) is 0 Å². The highest BCUT2D eigenvalue weighted by Crippen LogP contribution is 2.38. The molecule has 3 aliphatic rings. The Bertz CT molecular complexity index is 350. The maximum absolute atomic E-state index is 12.9. The van der Waals surface area contributed by atoms with Crippen molar-refractivity contribution in [3.8, 4) is 0 Å². The molecule has 108 valence electrons. The third kappa shape index (κ3) is 2.31. The van der Waals surface area contributed by atoms with Crippen molar-refractivity contribution in [2.75, 3.05) is 11.5 Å². The van der Waals surface area contributed by atoms with Gasteiger partial charge in [0, 0.05) is 11.8 Å². The predicted molar refractivity (Wildman–Crippen MR) is 80.2 cm³/mol. The third-order valence-electron chi connectivity index (χ3n) is 5.33. The van der Waals surface area contributed by atoms with Crippen molar-refractivity contribution >= 4 is 17.7 Å². The molecule has 3 fully saturated rings. The van der Waals surface area contributed by atoms with Gasteiger partial charge in [-0.15, -0.1) is 0 Å². The number of hydrogen-bond acceptors (Lipinski definition) is 3. The number of carbonyl (C=O) groups excluding carboxylic acids is 1. The first-order valence-electron chi connectivity index (χ1n) is 7.84. The summed E-state index contributed by atoms with van der Waals surface area (Å²) in [5.41, 5.74) is -0.319. The van der Waals surface area contributed by atoms with Gasteiger partial charge in [-0.25, -0.2) is 0 Å². The van der Waals surface area contributed by atoms with Crippen molar-refractivity contribution in [2.24, 2.45) is 5.92 Å². The molecule has 2 aliphatic heterocycles. The smallest absolute Gasteiger partial charge is 0.244 e. The molecule has 1 amide bonds. The Labute approximate surface area is 120 Å². The van der Waals surface area contributed by atoms with Gasteiger partial charge in [0.25, 0.3) is 0 Å². The normalized spacial score (nSPS) is 40.5. The van der Waals surface area contributed by atoms with Crippen LogP contribution < -0.4 is 5.32 Å². The van der Waals surface area contributed by atoms with Gasteiger partial charge in [-0.1, -0.05) is 19.8 Å². The second kappa shape index (κ2) is 5.28. The summed E-state index contributed by atoms with van der Waals surface area (Å²) in [7, 11) is 0. The number of nitrogens with one attached hydrogen (secondary N) is 1. The summed E-state index contributed by atoms with van der Waals surface area (Å²) < 4.78 is 0. The molecule has 3 atom stereocenters. The Morgan fingerprint density at radius 2 is 2.11 bits per heavy atom. The van der Waals surface area contributed by atoms with Crippen molar-refractivity contribution in [1.29, 1.82) is 0 Å². The Hall–Kier alpha value is -0.220. The predicted octanol–water partition coefficient (Wildman–Crippen LogP) is 2.61. The van der Waals surface area contributed by atoms with Crippen LogP contribution in [-0.2, 0) is 4.79 Å². The van der Waals surface area contributed by atoms with E-state index >= 15 is 0 Å². The van der Waals surface area contributed by atoms with Crippen LogP contribution >= 0.6 is 11.8 Å². The highest BCUT2D eigenvalue weighted by Gasteiger charge is 2.51. The number of rotatable bonds is 3. The van der Waals surface area contributed by atoms with E-state index in [-0.39, 0.29) is 5.54 Å². The quantitative estimate of drug-likeness (QED) is 0.863. The lowest BCUT2D eigenvalue weighted by Crippen LogP contribution is -2.48. The van der Waals surface area contributed by atoms with E-state index in [0.717, 1.165) is 12.2 Å². The van der Waals surface area contributed by atoms with Gasteiger partial charge < -0.3 is 4.90 Å². The minimum Gasteiger partial charge on any atom is -0.321 e. The van der Waals surface area contributed by atoms with E-state index in [0.29, 0.717) is 24.0 Å². The van der Waals surface area contributed by atoms with Crippen molar-refractivity contribution in [1.82, 2.24) is 10.2 Å². The summed E-state index contributed by atoms with van der Waals surface area (Å²) in [6.07, 6.45) is 7.65. The zero-order valence-electron chi connectivity index (χ0n) is 12.2. The van der Waals surface area contributed by atoms with Crippen LogP contribution in [-0.4, -0.2) is 40.1 Å². The molecule has 0 aromatic carbocycles. The Morgan fingerprint density at radius 3 is 2.68 bits per heavy atom. The number of nitrogens with zero attached hydrogens (tertiary/aromatic N) is 1. The standard InChI is InChI=1S/C15H26N2OS/c1-3-15(2)14(18)17(12-8-9-19-10-12)13(16-15)11-6-4-5-7-11/h11-13,16H,3-10H2,1-2H3. The Kier molecular flexibility index (Phi) is 3.82. The molecule has 3 rings (SSSR count). The van der Waals surface area contributed by atoms with E-state index < -0.39 is 0 Å². The largest absolute Gasteiger partial charge is 0.321 e. The summed E-state index contributed by atoms with van der Waals surface area (Å²) in [6, 6.07) is 0.476. The molecule has 0 aromatic rings. The fourth-order valence-electron chi connectivity index (χ4n) is 3.87. The third-order valence-corrected chi connectivity index (χ3v) is 6.47. The Balaban J connectivity index is 1.84. The first-order valence-corrected chi connectivity index (χ1v) is 8.99. The van der Waals surface area contributed by atoms with E-state index in [1.165, 1.54) is 37.9 Å². The van der Waals surface area contributed by atoms with Gasteiger partial charge in [0.05, 0.1) is 11.7 Å². The van der Waals surface area contributed by atoms with E-state index in [1.54, 1.807) is 0 Å². The number of thioether (sulfide) groups is 1. The molecule has 1 saturated carbocycles. The maximum atomic E-state index is 12.9. The lowest BCUT2D eigenvalue weighted by atomic mass is 9.99. The summed E-state index contributed by atoms with van der Waals surface area (Å²) in [4.78, 5) is 15.1. The van der Waals surface area contributed by atoms with Gasteiger partial charge in [0.2, 0.25) is 5.91 Å². The molecule has 2 saturated heterocycles. The van der Waals surface area contributed by atoms with Gasteiger partial charge in [0.1, 0.15) is 0 Å². The molecule has 2 heterocycles. The van der Waals surface area contributed by atoms with Crippen molar-refractivity contribution < 1.29 is 4.79 Å². The number of carbonyl (C=O) groups is 1. The van der Waals surface area contributed by atoms with Crippen LogP contribution in [0.2, 0.25) is 0 Å². The van der Waals surface area contributed by atoms with Gasteiger partial charge >= 0.3 is 0 Å². The van der Waals surface area contributed by atoms with Crippen LogP contribution in [0, 0.1) is 5.92 Å². The van der Waals surface area contributed by atoms with E-state index in [4.69, 9.17) is 0 Å². The van der Waals surface area contributed by atoms with Gasteiger partial charge in [0.15, 0.2) is 0 Å². The molecule has 4 heteroatoms. The molecule has 1 aliphatic carbocycles. The van der Waals surface area contributed by atoms with Crippen LogP contribution in [0.25, 0.3) is 0 Å². The average Bonchev–Trinajstić information content (AvgIpc) is 3.12. The lowest BCUT2D eigenvalue weighted by molar-refractivity contribution is -0.135. The van der Waals surface area contributed by atoms with Crippen molar-refractivity contribution in [3.63, 3.8) is 0 Å². The second-order valence-corrected chi connectivity index (χ2v) is 7.70. The topological polar surface area (TPSA) is 32.3 Å². The molecular formula is C15H26N2OS. The van der Waals surface area contributed by atoms with Crippen LogP contribution in [0.15, 0.2) is 0 Å². The molecule has 1 N–H and O–H groups in total. The van der Waals surface area contributed by atoms with E-state index in [1.807, 2.05) is 11.8 Å². The molecule has 19 heavy (non-hydrogen) atoms. The van der Waals surface area contributed by atoms with Gasteiger partial charge in [-0.05, 0) is 44.3 Å². The first-order chi connectivity index (χ1) is 9.15. The van der Waals surface area contributed by atoms with E-state index in [9.17, 15) is 4.79 Å². The molecule has 3 unspecified atom stereocenters. The molecule has 0 bridgehead atoms. The zero-order chi connectivity index (χ0) is 13.5. The summed E-state index contributed by atoms with van der Waals surface area (Å²) in [5, 5.41) is 3.70. The molecule has 0 spiro atoms. The monoisotopic (exact) mass is 282 g/mol. The maximum Gasteiger partial charge on any atom is 0.244 e. The SMILES string of the molecule is CCC1(C)NC(C2CCCC2)N(C2CCSC2)C1=O. The Morgan fingerprint density at radius 1 is 1.37 bits per heavy atom. The molecule has 0 radical (unpaired) electrons. The first kappa shape index (κ1) is 13.7.